The third-order valence-electron chi connectivity index (χ3n) is 5.17. The van der Waals surface area contributed by atoms with Crippen LogP contribution >= 0.6 is 0 Å². The van der Waals surface area contributed by atoms with E-state index in [2.05, 4.69) is 0 Å². The monoisotopic (exact) mass is 407 g/mol. The molecular formula is C21H29NO7. The van der Waals surface area contributed by atoms with Gasteiger partial charge in [-0.2, -0.15) is 0 Å². The van der Waals surface area contributed by atoms with Crippen LogP contribution in [0.5, 0.6) is 5.75 Å². The number of hydrogen-bond acceptors (Lipinski definition) is 7. The van der Waals surface area contributed by atoms with E-state index in [0.717, 1.165) is 5.56 Å². The molecule has 2 rings (SSSR count). The van der Waals surface area contributed by atoms with Crippen molar-refractivity contribution >= 4 is 17.8 Å². The molecule has 29 heavy (non-hydrogen) atoms. The molecule has 0 bridgehead atoms. The number of amides is 1. The van der Waals surface area contributed by atoms with Crippen molar-refractivity contribution in [2.45, 2.75) is 45.9 Å². The zero-order valence-electron chi connectivity index (χ0n) is 17.7. The first-order valence-electron chi connectivity index (χ1n) is 9.37. The molecule has 160 valence electrons. The standard InChI is InChI=1S/C21H29NO7/c1-13-16(23)21(19(26)28-6,12-29-18(25)20(2,3)4)22(17(13)24)11-14-7-9-15(27-5)10-8-14/h7-10,13,16,23H,11-12H2,1-6H3/t13-,16+,21-/m1/s1. The molecule has 1 aromatic rings. The summed E-state index contributed by atoms with van der Waals surface area (Å²) in [7, 11) is 2.71. The Morgan fingerprint density at radius 2 is 1.76 bits per heavy atom. The van der Waals surface area contributed by atoms with E-state index < -0.39 is 47.4 Å². The molecule has 1 amide bonds. The average molecular weight is 407 g/mol. The lowest BCUT2D eigenvalue weighted by molar-refractivity contribution is -0.175. The second-order valence-corrected chi connectivity index (χ2v) is 8.25. The summed E-state index contributed by atoms with van der Waals surface area (Å²) in [6.07, 6.45) is -1.39. The summed E-state index contributed by atoms with van der Waals surface area (Å²) in [4.78, 5) is 39.3. The van der Waals surface area contributed by atoms with Gasteiger partial charge in [-0.15, -0.1) is 0 Å². The predicted octanol–water partition coefficient (Wildman–Crippen LogP) is 1.54. The topological polar surface area (TPSA) is 102 Å². The molecule has 0 aromatic heterocycles. The van der Waals surface area contributed by atoms with Crippen LogP contribution in [0.1, 0.15) is 33.3 Å². The SMILES string of the molecule is COC(=O)[C@@]1(COC(=O)C(C)(C)C)[C@@H](O)[C@@H](C)C(=O)N1Cc1ccc(OC)cc1. The minimum absolute atomic E-state index is 0.0341. The van der Waals surface area contributed by atoms with Crippen LogP contribution in [-0.2, 0) is 30.4 Å². The Labute approximate surface area is 170 Å². The highest BCUT2D eigenvalue weighted by Crippen LogP contribution is 2.38. The molecule has 1 fully saturated rings. The summed E-state index contributed by atoms with van der Waals surface area (Å²) < 4.78 is 15.4. The highest BCUT2D eigenvalue weighted by Gasteiger charge is 2.63. The third kappa shape index (κ3) is 4.22. The first-order chi connectivity index (χ1) is 13.5. The van der Waals surface area contributed by atoms with E-state index >= 15 is 0 Å². The third-order valence-corrected chi connectivity index (χ3v) is 5.17. The van der Waals surface area contributed by atoms with Gasteiger partial charge < -0.3 is 24.2 Å². The van der Waals surface area contributed by atoms with Crippen molar-refractivity contribution in [1.82, 2.24) is 4.90 Å². The minimum atomic E-state index is -1.83. The van der Waals surface area contributed by atoms with Gasteiger partial charge in [0.1, 0.15) is 18.5 Å². The zero-order chi connectivity index (χ0) is 22.0. The van der Waals surface area contributed by atoms with E-state index in [9.17, 15) is 19.5 Å². The van der Waals surface area contributed by atoms with Crippen LogP contribution in [0.2, 0.25) is 0 Å². The van der Waals surface area contributed by atoms with Gasteiger partial charge >= 0.3 is 11.9 Å². The minimum Gasteiger partial charge on any atom is -0.497 e. The summed E-state index contributed by atoms with van der Waals surface area (Å²) in [6, 6.07) is 6.97. The lowest BCUT2D eigenvalue weighted by Gasteiger charge is -2.37. The highest BCUT2D eigenvalue weighted by molar-refractivity contribution is 5.95. The Hall–Kier alpha value is -2.61. The van der Waals surface area contributed by atoms with Crippen LogP contribution in [0, 0.1) is 11.3 Å². The van der Waals surface area contributed by atoms with Crippen molar-refractivity contribution in [3.05, 3.63) is 29.8 Å². The molecule has 0 aliphatic carbocycles. The Balaban J connectivity index is 2.43. The van der Waals surface area contributed by atoms with E-state index in [1.807, 2.05) is 0 Å². The molecule has 1 N–H and O–H groups in total. The number of ether oxygens (including phenoxy) is 3. The number of esters is 2. The molecule has 0 saturated carbocycles. The zero-order valence-corrected chi connectivity index (χ0v) is 17.7. The van der Waals surface area contributed by atoms with E-state index in [4.69, 9.17) is 14.2 Å². The molecule has 3 atom stereocenters. The number of hydrogen-bond donors (Lipinski definition) is 1. The largest absolute Gasteiger partial charge is 0.497 e. The predicted molar refractivity (Wildman–Crippen MR) is 104 cm³/mol. The molecule has 1 aliphatic heterocycles. The van der Waals surface area contributed by atoms with Gasteiger partial charge in [0.25, 0.3) is 0 Å². The van der Waals surface area contributed by atoms with Crippen LogP contribution in [0.15, 0.2) is 24.3 Å². The van der Waals surface area contributed by atoms with Gasteiger partial charge in [0.2, 0.25) is 11.4 Å². The molecule has 0 radical (unpaired) electrons. The van der Waals surface area contributed by atoms with E-state index in [1.165, 1.54) is 18.9 Å². The van der Waals surface area contributed by atoms with Crippen LogP contribution in [0.4, 0.5) is 0 Å². The van der Waals surface area contributed by atoms with Crippen molar-refractivity contribution in [2.75, 3.05) is 20.8 Å². The Bertz CT molecular complexity index is 768. The number of nitrogens with zero attached hydrogens (tertiary/aromatic N) is 1. The van der Waals surface area contributed by atoms with Gasteiger partial charge in [0.05, 0.1) is 25.6 Å². The fraction of sp³-hybridized carbons (Fsp3) is 0.571. The maximum atomic E-state index is 12.9. The average Bonchev–Trinajstić information content (AvgIpc) is 2.87. The number of benzene rings is 1. The van der Waals surface area contributed by atoms with Gasteiger partial charge in [-0.1, -0.05) is 19.1 Å². The second kappa shape index (κ2) is 8.41. The molecule has 8 heteroatoms. The van der Waals surface area contributed by atoms with Crippen LogP contribution in [0.3, 0.4) is 0 Å². The highest BCUT2D eigenvalue weighted by atomic mass is 16.6. The number of aliphatic hydroxyl groups excluding tert-OH is 1. The number of likely N-dealkylation sites (tertiary alicyclic amines) is 1. The van der Waals surface area contributed by atoms with Gasteiger partial charge in [0.15, 0.2) is 0 Å². The molecule has 0 spiro atoms. The van der Waals surface area contributed by atoms with Crippen molar-refractivity contribution < 1.29 is 33.7 Å². The lowest BCUT2D eigenvalue weighted by Crippen LogP contribution is -2.61. The second-order valence-electron chi connectivity index (χ2n) is 8.25. The maximum Gasteiger partial charge on any atom is 0.338 e. The van der Waals surface area contributed by atoms with Gasteiger partial charge in [-0.25, -0.2) is 4.79 Å². The number of rotatable bonds is 6. The van der Waals surface area contributed by atoms with Gasteiger partial charge in [-0.05, 0) is 38.5 Å². The summed E-state index contributed by atoms with van der Waals surface area (Å²) in [5.74, 6) is -2.03. The molecular weight excluding hydrogens is 378 g/mol. The van der Waals surface area contributed by atoms with Crippen LogP contribution < -0.4 is 4.74 Å². The summed E-state index contributed by atoms with van der Waals surface area (Å²) in [5.41, 5.74) is -1.92. The quantitative estimate of drug-likeness (QED) is 0.714. The summed E-state index contributed by atoms with van der Waals surface area (Å²) in [6.45, 7) is 6.09. The van der Waals surface area contributed by atoms with Crippen molar-refractivity contribution in [3.63, 3.8) is 0 Å². The van der Waals surface area contributed by atoms with E-state index in [-0.39, 0.29) is 6.54 Å². The number of aliphatic hydroxyl groups is 1. The number of carbonyl (C=O) groups excluding carboxylic acids is 3. The molecule has 1 heterocycles. The van der Waals surface area contributed by atoms with Gasteiger partial charge in [-0.3, -0.25) is 9.59 Å². The molecule has 1 saturated heterocycles. The molecule has 1 aliphatic rings. The first kappa shape index (κ1) is 22.7. The lowest BCUT2D eigenvalue weighted by atomic mass is 9.89. The Morgan fingerprint density at radius 1 is 1.17 bits per heavy atom. The van der Waals surface area contributed by atoms with E-state index in [1.54, 1.807) is 52.1 Å². The Kier molecular flexibility index (Phi) is 6.57. The number of carbonyl (C=O) groups is 3. The van der Waals surface area contributed by atoms with Crippen molar-refractivity contribution in [2.24, 2.45) is 11.3 Å². The fourth-order valence-electron chi connectivity index (χ4n) is 3.31. The smallest absolute Gasteiger partial charge is 0.338 e. The van der Waals surface area contributed by atoms with E-state index in [0.29, 0.717) is 5.75 Å². The Morgan fingerprint density at radius 3 is 2.24 bits per heavy atom. The maximum absolute atomic E-state index is 12.9. The summed E-state index contributed by atoms with van der Waals surface area (Å²) in [5, 5.41) is 10.9. The fourth-order valence-corrected chi connectivity index (χ4v) is 3.31. The molecule has 1 aromatic carbocycles. The van der Waals surface area contributed by atoms with Gasteiger partial charge in [0, 0.05) is 6.54 Å². The molecule has 8 nitrogen and oxygen atoms in total. The van der Waals surface area contributed by atoms with Crippen LogP contribution in [-0.4, -0.2) is 60.3 Å². The summed E-state index contributed by atoms with van der Waals surface area (Å²) >= 11 is 0. The first-order valence-corrected chi connectivity index (χ1v) is 9.37. The number of methoxy groups -OCH3 is 2. The molecule has 0 unspecified atom stereocenters. The van der Waals surface area contributed by atoms with Crippen molar-refractivity contribution in [1.29, 1.82) is 0 Å². The van der Waals surface area contributed by atoms with Crippen LogP contribution in [0.25, 0.3) is 0 Å². The normalized spacial score (nSPS) is 24.4. The van der Waals surface area contributed by atoms with Crippen molar-refractivity contribution in [3.8, 4) is 5.75 Å².